The van der Waals surface area contributed by atoms with Gasteiger partial charge in [-0.3, -0.25) is 0 Å². The number of ether oxygens (including phenoxy) is 2. The zero-order valence-electron chi connectivity index (χ0n) is 13.2. The molecule has 0 fully saturated rings. The minimum absolute atomic E-state index is 0.574. The first-order valence-electron chi connectivity index (χ1n) is 7.75. The summed E-state index contributed by atoms with van der Waals surface area (Å²) < 4.78 is 11.7. The number of hydrogen-bond donors (Lipinski definition) is 0. The summed E-state index contributed by atoms with van der Waals surface area (Å²) in [6, 6.07) is 26.3. The highest BCUT2D eigenvalue weighted by molar-refractivity contribution is 5.39. The van der Waals surface area contributed by atoms with Crippen molar-refractivity contribution in [2.45, 2.75) is 20.1 Å². The van der Waals surface area contributed by atoms with Gasteiger partial charge >= 0.3 is 0 Å². The summed E-state index contributed by atoms with van der Waals surface area (Å²) in [5.41, 5.74) is 3.40. The molecule has 3 aromatic rings. The molecular formula is C21H20O2. The van der Waals surface area contributed by atoms with E-state index in [1.54, 1.807) is 0 Å². The van der Waals surface area contributed by atoms with Crippen LogP contribution in [-0.2, 0) is 13.2 Å². The van der Waals surface area contributed by atoms with Gasteiger partial charge < -0.3 is 9.47 Å². The van der Waals surface area contributed by atoms with E-state index in [-0.39, 0.29) is 0 Å². The fraction of sp³-hybridized carbons (Fsp3) is 0.143. The van der Waals surface area contributed by atoms with E-state index in [2.05, 4.69) is 24.3 Å². The Morgan fingerprint density at radius 2 is 1.22 bits per heavy atom. The van der Waals surface area contributed by atoms with E-state index >= 15 is 0 Å². The number of aryl methyl sites for hydroxylation is 1. The third kappa shape index (κ3) is 4.36. The predicted molar refractivity (Wildman–Crippen MR) is 92.7 cm³/mol. The fourth-order valence-electron chi connectivity index (χ4n) is 2.35. The Balaban J connectivity index is 1.59. The summed E-state index contributed by atoms with van der Waals surface area (Å²) in [4.78, 5) is 0. The molecule has 116 valence electrons. The van der Waals surface area contributed by atoms with Crippen molar-refractivity contribution >= 4 is 0 Å². The highest BCUT2D eigenvalue weighted by atomic mass is 16.5. The molecular weight excluding hydrogens is 284 g/mol. The molecule has 2 nitrogen and oxygen atoms in total. The lowest BCUT2D eigenvalue weighted by molar-refractivity contribution is 0.295. The van der Waals surface area contributed by atoms with Gasteiger partial charge in [-0.15, -0.1) is 0 Å². The van der Waals surface area contributed by atoms with E-state index < -0.39 is 0 Å². The SMILES string of the molecule is Cc1cc(OCc2ccccc2)ccc1OCc1ccccc1. The molecule has 0 heterocycles. The van der Waals surface area contributed by atoms with Gasteiger partial charge in [-0.2, -0.15) is 0 Å². The molecule has 2 heteroatoms. The van der Waals surface area contributed by atoms with Crippen molar-refractivity contribution in [3.05, 3.63) is 95.6 Å². The van der Waals surface area contributed by atoms with Gasteiger partial charge in [-0.25, -0.2) is 0 Å². The van der Waals surface area contributed by atoms with Crippen molar-refractivity contribution in [3.63, 3.8) is 0 Å². The molecule has 23 heavy (non-hydrogen) atoms. The van der Waals surface area contributed by atoms with Gasteiger partial charge in [-0.05, 0) is 41.8 Å². The number of benzene rings is 3. The van der Waals surface area contributed by atoms with Crippen LogP contribution in [0.2, 0.25) is 0 Å². The minimum atomic E-state index is 0.574. The highest BCUT2D eigenvalue weighted by Crippen LogP contribution is 2.24. The molecule has 0 saturated heterocycles. The summed E-state index contributed by atoms with van der Waals surface area (Å²) in [5, 5.41) is 0. The van der Waals surface area contributed by atoms with Crippen LogP contribution in [-0.4, -0.2) is 0 Å². The normalized spacial score (nSPS) is 10.3. The Labute approximate surface area is 137 Å². The number of hydrogen-bond acceptors (Lipinski definition) is 2. The lowest BCUT2D eigenvalue weighted by Gasteiger charge is -2.12. The summed E-state index contributed by atoms with van der Waals surface area (Å²) >= 11 is 0. The standard InChI is InChI=1S/C21H20O2/c1-17-14-20(22-15-18-8-4-2-5-9-18)12-13-21(17)23-16-19-10-6-3-7-11-19/h2-14H,15-16H2,1H3. The van der Waals surface area contributed by atoms with Gasteiger partial charge in [0.15, 0.2) is 0 Å². The van der Waals surface area contributed by atoms with Crippen LogP contribution >= 0.6 is 0 Å². The van der Waals surface area contributed by atoms with Gasteiger partial charge in [0.2, 0.25) is 0 Å². The van der Waals surface area contributed by atoms with E-state index in [1.165, 1.54) is 0 Å². The quantitative estimate of drug-likeness (QED) is 0.627. The van der Waals surface area contributed by atoms with Gasteiger partial charge in [0.05, 0.1) is 0 Å². The second-order valence-electron chi connectivity index (χ2n) is 5.48. The smallest absolute Gasteiger partial charge is 0.122 e. The molecule has 0 unspecified atom stereocenters. The molecule has 0 radical (unpaired) electrons. The molecule has 0 spiro atoms. The maximum absolute atomic E-state index is 5.89. The van der Waals surface area contributed by atoms with Crippen molar-refractivity contribution in [2.24, 2.45) is 0 Å². The molecule has 3 rings (SSSR count). The van der Waals surface area contributed by atoms with Crippen LogP contribution in [0.4, 0.5) is 0 Å². The largest absolute Gasteiger partial charge is 0.489 e. The first kappa shape index (κ1) is 15.2. The lowest BCUT2D eigenvalue weighted by Crippen LogP contribution is -1.98. The molecule has 0 atom stereocenters. The molecule has 0 aliphatic heterocycles. The fourth-order valence-corrected chi connectivity index (χ4v) is 2.35. The van der Waals surface area contributed by atoms with E-state index in [1.807, 2.05) is 61.5 Å². The van der Waals surface area contributed by atoms with Crippen molar-refractivity contribution in [2.75, 3.05) is 0 Å². The van der Waals surface area contributed by atoms with Crippen LogP contribution in [0.25, 0.3) is 0 Å². The minimum Gasteiger partial charge on any atom is -0.489 e. The Hall–Kier alpha value is -2.74. The second-order valence-corrected chi connectivity index (χ2v) is 5.48. The van der Waals surface area contributed by atoms with E-state index in [9.17, 15) is 0 Å². The van der Waals surface area contributed by atoms with E-state index in [0.29, 0.717) is 13.2 Å². The third-order valence-corrected chi connectivity index (χ3v) is 3.63. The Morgan fingerprint density at radius 1 is 0.652 bits per heavy atom. The van der Waals surface area contributed by atoms with Crippen molar-refractivity contribution in [1.82, 2.24) is 0 Å². The van der Waals surface area contributed by atoms with Crippen LogP contribution < -0.4 is 9.47 Å². The van der Waals surface area contributed by atoms with E-state index in [0.717, 1.165) is 28.2 Å². The second kappa shape index (κ2) is 7.50. The maximum Gasteiger partial charge on any atom is 0.122 e. The topological polar surface area (TPSA) is 18.5 Å². The summed E-state index contributed by atoms with van der Waals surface area (Å²) in [5.74, 6) is 1.75. The van der Waals surface area contributed by atoms with Gasteiger partial charge in [0, 0.05) is 0 Å². The van der Waals surface area contributed by atoms with Crippen LogP contribution in [0.15, 0.2) is 78.9 Å². The maximum atomic E-state index is 5.89. The molecule has 0 aliphatic carbocycles. The molecule has 0 bridgehead atoms. The lowest BCUT2D eigenvalue weighted by atomic mass is 10.2. The zero-order valence-corrected chi connectivity index (χ0v) is 13.2. The Morgan fingerprint density at radius 3 is 1.78 bits per heavy atom. The zero-order chi connectivity index (χ0) is 15.9. The third-order valence-electron chi connectivity index (χ3n) is 3.63. The number of rotatable bonds is 6. The molecule has 3 aromatic carbocycles. The average molecular weight is 304 g/mol. The van der Waals surface area contributed by atoms with Gasteiger partial charge in [-0.1, -0.05) is 60.7 Å². The summed E-state index contributed by atoms with van der Waals surface area (Å²) in [7, 11) is 0. The first-order chi connectivity index (χ1) is 11.3. The van der Waals surface area contributed by atoms with Gasteiger partial charge in [0.25, 0.3) is 0 Å². The van der Waals surface area contributed by atoms with E-state index in [4.69, 9.17) is 9.47 Å². The monoisotopic (exact) mass is 304 g/mol. The molecule has 0 amide bonds. The molecule has 0 saturated carbocycles. The van der Waals surface area contributed by atoms with Crippen molar-refractivity contribution in [1.29, 1.82) is 0 Å². The molecule has 0 aliphatic rings. The summed E-state index contributed by atoms with van der Waals surface area (Å²) in [6.45, 7) is 3.19. The average Bonchev–Trinajstić information content (AvgIpc) is 2.61. The van der Waals surface area contributed by atoms with Crippen molar-refractivity contribution < 1.29 is 9.47 Å². The Kier molecular flexibility index (Phi) is 4.95. The van der Waals surface area contributed by atoms with Crippen LogP contribution in [0.1, 0.15) is 16.7 Å². The predicted octanol–water partition coefficient (Wildman–Crippen LogP) is 5.15. The Bertz CT molecular complexity index is 736. The summed E-state index contributed by atoms with van der Waals surface area (Å²) in [6.07, 6.45) is 0. The highest BCUT2D eigenvalue weighted by Gasteiger charge is 2.03. The van der Waals surface area contributed by atoms with Crippen molar-refractivity contribution in [3.8, 4) is 11.5 Å². The van der Waals surface area contributed by atoms with Crippen LogP contribution in [0.5, 0.6) is 11.5 Å². The molecule has 0 aromatic heterocycles. The van der Waals surface area contributed by atoms with Gasteiger partial charge in [0.1, 0.15) is 24.7 Å². The first-order valence-corrected chi connectivity index (χ1v) is 7.75. The van der Waals surface area contributed by atoms with Crippen LogP contribution in [0.3, 0.4) is 0 Å². The molecule has 0 N–H and O–H groups in total. The van der Waals surface area contributed by atoms with Crippen LogP contribution in [0, 0.1) is 6.92 Å².